The van der Waals surface area contributed by atoms with E-state index in [0.29, 0.717) is 0 Å². The zero-order valence-electron chi connectivity index (χ0n) is 10.9. The summed E-state index contributed by atoms with van der Waals surface area (Å²) in [4.78, 5) is 23.9. The van der Waals surface area contributed by atoms with E-state index < -0.39 is 24.2 Å². The minimum absolute atomic E-state index is 0.0105. The molecule has 1 fully saturated rings. The van der Waals surface area contributed by atoms with Crippen molar-refractivity contribution in [3.05, 3.63) is 35.9 Å². The van der Waals surface area contributed by atoms with Crippen molar-refractivity contribution < 1.29 is 23.8 Å². The van der Waals surface area contributed by atoms with E-state index >= 15 is 0 Å². The van der Waals surface area contributed by atoms with E-state index in [-0.39, 0.29) is 26.1 Å². The van der Waals surface area contributed by atoms with Crippen molar-refractivity contribution >= 4 is 12.1 Å². The van der Waals surface area contributed by atoms with Crippen molar-refractivity contribution in [1.29, 1.82) is 0 Å². The van der Waals surface area contributed by atoms with Crippen LogP contribution in [0.5, 0.6) is 0 Å². The lowest BCUT2D eigenvalue weighted by molar-refractivity contribution is -0.144. The van der Waals surface area contributed by atoms with Gasteiger partial charge >= 0.3 is 12.1 Å². The third-order valence-electron chi connectivity index (χ3n) is 3.21. The predicted octanol–water partition coefficient (Wildman–Crippen LogP) is 2.07. The van der Waals surface area contributed by atoms with E-state index in [9.17, 15) is 14.0 Å². The molecule has 20 heavy (non-hydrogen) atoms. The van der Waals surface area contributed by atoms with Gasteiger partial charge in [0.1, 0.15) is 12.8 Å². The molecule has 0 unspecified atom stereocenters. The summed E-state index contributed by atoms with van der Waals surface area (Å²) in [7, 11) is 0. The molecular weight excluding hydrogens is 265 g/mol. The topological polar surface area (TPSA) is 66.8 Å². The number of likely N-dealkylation sites (tertiary alicyclic amines) is 1. The van der Waals surface area contributed by atoms with Gasteiger partial charge in [0.05, 0.1) is 12.5 Å². The van der Waals surface area contributed by atoms with E-state index in [2.05, 4.69) is 0 Å². The van der Waals surface area contributed by atoms with Gasteiger partial charge in [-0.05, 0) is 12.0 Å². The number of nitrogens with zero attached hydrogens (tertiary/aromatic N) is 1. The number of carboxylic acid groups (broad SMARTS) is 1. The Balaban J connectivity index is 1.90. The van der Waals surface area contributed by atoms with Gasteiger partial charge in [-0.15, -0.1) is 0 Å². The molecule has 1 saturated heterocycles. The molecule has 1 heterocycles. The van der Waals surface area contributed by atoms with Gasteiger partial charge < -0.3 is 14.7 Å². The van der Waals surface area contributed by atoms with Crippen molar-refractivity contribution in [3.8, 4) is 0 Å². The highest BCUT2D eigenvalue weighted by Gasteiger charge is 2.34. The first kappa shape index (κ1) is 14.3. The van der Waals surface area contributed by atoms with Gasteiger partial charge in [0.2, 0.25) is 0 Å². The Labute approximate surface area is 116 Å². The number of aliphatic carboxylic acids is 1. The minimum atomic E-state index is -1.32. The Bertz CT molecular complexity index is 479. The highest BCUT2D eigenvalue weighted by atomic mass is 19.1. The monoisotopic (exact) mass is 281 g/mol. The van der Waals surface area contributed by atoms with Crippen LogP contribution in [0.3, 0.4) is 0 Å². The molecule has 0 bridgehead atoms. The molecule has 5 nitrogen and oxygen atoms in total. The molecular formula is C14H16FNO4. The fourth-order valence-electron chi connectivity index (χ4n) is 2.18. The highest BCUT2D eigenvalue weighted by Crippen LogP contribution is 2.20. The molecule has 1 aromatic rings. The SMILES string of the molecule is O=C(O)[C@@H]1C[C@H](F)CN(C(=O)OCc2ccccc2)C1. The Morgan fingerprint density at radius 3 is 2.65 bits per heavy atom. The fourth-order valence-corrected chi connectivity index (χ4v) is 2.18. The number of carboxylic acids is 1. The second kappa shape index (κ2) is 6.36. The first-order valence-electron chi connectivity index (χ1n) is 6.38. The number of carbonyl (C=O) groups is 2. The number of halogens is 1. The molecule has 1 aliphatic heterocycles. The van der Waals surface area contributed by atoms with Crippen LogP contribution in [0.25, 0.3) is 0 Å². The number of carbonyl (C=O) groups excluding carboxylic acids is 1. The van der Waals surface area contributed by atoms with Crippen molar-refractivity contribution in [1.82, 2.24) is 4.90 Å². The van der Waals surface area contributed by atoms with E-state index in [0.717, 1.165) is 10.5 Å². The maximum atomic E-state index is 13.5. The molecule has 6 heteroatoms. The number of hydrogen-bond donors (Lipinski definition) is 1. The maximum absolute atomic E-state index is 13.5. The number of benzene rings is 1. The Morgan fingerprint density at radius 2 is 2.00 bits per heavy atom. The summed E-state index contributed by atoms with van der Waals surface area (Å²) in [5.74, 6) is -1.96. The lowest BCUT2D eigenvalue weighted by Crippen LogP contribution is -2.47. The van der Waals surface area contributed by atoms with Crippen molar-refractivity contribution in [3.63, 3.8) is 0 Å². The Hall–Kier alpha value is -2.11. The number of piperidine rings is 1. The van der Waals surface area contributed by atoms with Crippen LogP contribution in [-0.2, 0) is 16.1 Å². The summed E-state index contributed by atoms with van der Waals surface area (Å²) in [6.07, 6.45) is -2.06. The summed E-state index contributed by atoms with van der Waals surface area (Å²) in [5.41, 5.74) is 0.824. The third-order valence-corrected chi connectivity index (χ3v) is 3.21. The molecule has 1 aliphatic rings. The number of alkyl halides is 1. The molecule has 1 N–H and O–H groups in total. The van der Waals surface area contributed by atoms with Crippen LogP contribution in [0, 0.1) is 5.92 Å². The molecule has 1 aromatic carbocycles. The molecule has 0 spiro atoms. The summed E-state index contributed by atoms with van der Waals surface area (Å²) >= 11 is 0. The lowest BCUT2D eigenvalue weighted by atomic mass is 9.97. The molecule has 0 aliphatic carbocycles. The van der Waals surface area contributed by atoms with Crippen molar-refractivity contribution in [2.45, 2.75) is 19.2 Å². The average molecular weight is 281 g/mol. The number of ether oxygens (including phenoxy) is 1. The Morgan fingerprint density at radius 1 is 1.30 bits per heavy atom. The van der Waals surface area contributed by atoms with Crippen molar-refractivity contribution in [2.24, 2.45) is 5.92 Å². The van der Waals surface area contributed by atoms with Crippen LogP contribution in [0.4, 0.5) is 9.18 Å². The van der Waals surface area contributed by atoms with Gasteiger partial charge in [-0.1, -0.05) is 30.3 Å². The minimum Gasteiger partial charge on any atom is -0.481 e. The van der Waals surface area contributed by atoms with Gasteiger partial charge in [0.25, 0.3) is 0 Å². The van der Waals surface area contributed by atoms with Crippen molar-refractivity contribution in [2.75, 3.05) is 13.1 Å². The average Bonchev–Trinajstić information content (AvgIpc) is 2.45. The summed E-state index contributed by atoms with van der Waals surface area (Å²) in [6.45, 7) is -0.0361. The zero-order valence-corrected chi connectivity index (χ0v) is 10.9. The first-order valence-corrected chi connectivity index (χ1v) is 6.38. The van der Waals surface area contributed by atoms with E-state index in [4.69, 9.17) is 9.84 Å². The second-order valence-corrected chi connectivity index (χ2v) is 4.81. The maximum Gasteiger partial charge on any atom is 0.410 e. The first-order chi connectivity index (χ1) is 9.56. The summed E-state index contributed by atoms with van der Waals surface area (Å²) < 4.78 is 18.5. The molecule has 108 valence electrons. The van der Waals surface area contributed by atoms with Gasteiger partial charge in [0.15, 0.2) is 0 Å². The molecule has 0 aromatic heterocycles. The standard InChI is InChI=1S/C14H16FNO4/c15-12-6-11(13(17)18)7-16(8-12)14(19)20-9-10-4-2-1-3-5-10/h1-5,11-12H,6-9H2,(H,17,18)/t11-,12+/m1/s1. The van der Waals surface area contributed by atoms with Crippen LogP contribution in [-0.4, -0.2) is 41.3 Å². The molecule has 2 atom stereocenters. The number of hydrogen-bond acceptors (Lipinski definition) is 3. The van der Waals surface area contributed by atoms with E-state index in [1.807, 2.05) is 30.3 Å². The van der Waals surface area contributed by atoms with E-state index in [1.54, 1.807) is 0 Å². The predicted molar refractivity (Wildman–Crippen MR) is 68.8 cm³/mol. The van der Waals surface area contributed by atoms with Crippen LogP contribution in [0.2, 0.25) is 0 Å². The molecule has 0 radical (unpaired) electrons. The van der Waals surface area contributed by atoms with Gasteiger partial charge in [-0.2, -0.15) is 0 Å². The summed E-state index contributed by atoms with van der Waals surface area (Å²) in [5, 5.41) is 8.92. The number of amides is 1. The van der Waals surface area contributed by atoms with E-state index in [1.165, 1.54) is 0 Å². The zero-order chi connectivity index (χ0) is 14.5. The van der Waals surface area contributed by atoms with Gasteiger partial charge in [-0.3, -0.25) is 4.79 Å². The Kier molecular flexibility index (Phi) is 4.55. The quantitative estimate of drug-likeness (QED) is 0.921. The summed E-state index contributed by atoms with van der Waals surface area (Å²) in [6, 6.07) is 9.11. The number of rotatable bonds is 3. The largest absolute Gasteiger partial charge is 0.481 e. The molecule has 2 rings (SSSR count). The van der Waals surface area contributed by atoms with Gasteiger partial charge in [-0.25, -0.2) is 9.18 Å². The van der Waals surface area contributed by atoms with Crippen LogP contribution in [0.1, 0.15) is 12.0 Å². The van der Waals surface area contributed by atoms with Crippen LogP contribution in [0.15, 0.2) is 30.3 Å². The second-order valence-electron chi connectivity index (χ2n) is 4.81. The lowest BCUT2D eigenvalue weighted by Gasteiger charge is -2.32. The third kappa shape index (κ3) is 3.69. The van der Waals surface area contributed by atoms with Crippen LogP contribution >= 0.6 is 0 Å². The van der Waals surface area contributed by atoms with Crippen LogP contribution < -0.4 is 0 Å². The van der Waals surface area contributed by atoms with Gasteiger partial charge in [0, 0.05) is 6.54 Å². The normalized spacial score (nSPS) is 22.4. The fraction of sp³-hybridized carbons (Fsp3) is 0.429. The molecule has 0 saturated carbocycles. The molecule has 1 amide bonds. The smallest absolute Gasteiger partial charge is 0.410 e. The highest BCUT2D eigenvalue weighted by molar-refractivity contribution is 5.73.